The molecule has 0 aliphatic carbocycles. The first-order chi connectivity index (χ1) is 10.6. The van der Waals surface area contributed by atoms with Crippen LogP contribution in [-0.2, 0) is 0 Å². The summed E-state index contributed by atoms with van der Waals surface area (Å²) in [7, 11) is 0. The average molecular weight is 296 g/mol. The largest absolute Gasteiger partial charge is 0.320 e. The van der Waals surface area contributed by atoms with E-state index in [1.165, 1.54) is 22.9 Å². The maximum atomic E-state index is 13.1. The summed E-state index contributed by atoms with van der Waals surface area (Å²) in [4.78, 5) is 12.2. The molecule has 3 rings (SSSR count). The Balaban J connectivity index is 1.80. The number of aryl methyl sites for hydroxylation is 1. The molecule has 1 N–H and O–H groups in total. The highest BCUT2D eigenvalue weighted by Gasteiger charge is 2.13. The monoisotopic (exact) mass is 296 g/mol. The second kappa shape index (κ2) is 5.77. The molecule has 0 bridgehead atoms. The number of benzene rings is 2. The lowest BCUT2D eigenvalue weighted by Crippen LogP contribution is -2.13. The van der Waals surface area contributed by atoms with Crippen molar-refractivity contribution in [3.8, 4) is 5.69 Å². The summed E-state index contributed by atoms with van der Waals surface area (Å²) in [6, 6.07) is 13.5. The maximum Gasteiger partial charge on any atom is 0.277 e. The quantitative estimate of drug-likeness (QED) is 0.808. The third kappa shape index (κ3) is 2.85. The number of para-hydroxylation sites is 1. The third-order valence-corrected chi connectivity index (χ3v) is 3.18. The van der Waals surface area contributed by atoms with Crippen LogP contribution < -0.4 is 5.32 Å². The third-order valence-electron chi connectivity index (χ3n) is 3.18. The van der Waals surface area contributed by atoms with Crippen molar-refractivity contribution in [2.24, 2.45) is 0 Å². The van der Waals surface area contributed by atoms with E-state index in [1.807, 2.05) is 30.3 Å². The topological polar surface area (TPSA) is 59.8 Å². The van der Waals surface area contributed by atoms with Gasteiger partial charge in [0.05, 0.1) is 11.9 Å². The van der Waals surface area contributed by atoms with Gasteiger partial charge in [-0.05, 0) is 42.8 Å². The Labute approximate surface area is 126 Å². The van der Waals surface area contributed by atoms with Crippen molar-refractivity contribution < 1.29 is 9.18 Å². The van der Waals surface area contributed by atoms with Gasteiger partial charge in [-0.15, -0.1) is 5.10 Å². The average Bonchev–Trinajstić information content (AvgIpc) is 3.01. The fourth-order valence-electron chi connectivity index (χ4n) is 2.03. The van der Waals surface area contributed by atoms with Crippen molar-refractivity contribution in [1.82, 2.24) is 15.0 Å². The van der Waals surface area contributed by atoms with Gasteiger partial charge in [0.1, 0.15) is 5.82 Å². The Hall–Kier alpha value is -3.02. The van der Waals surface area contributed by atoms with Gasteiger partial charge in [-0.25, -0.2) is 9.07 Å². The van der Waals surface area contributed by atoms with E-state index in [9.17, 15) is 9.18 Å². The van der Waals surface area contributed by atoms with Gasteiger partial charge in [0, 0.05) is 5.69 Å². The highest BCUT2D eigenvalue weighted by atomic mass is 19.1. The van der Waals surface area contributed by atoms with Crippen molar-refractivity contribution in [3.63, 3.8) is 0 Å². The molecule has 0 aliphatic rings. The fraction of sp³-hybridized carbons (Fsp3) is 0.0625. The number of carbonyl (C=O) groups is 1. The number of nitrogens with zero attached hydrogens (tertiary/aromatic N) is 3. The molecule has 1 aromatic heterocycles. The van der Waals surface area contributed by atoms with Crippen molar-refractivity contribution in [2.75, 3.05) is 5.32 Å². The van der Waals surface area contributed by atoms with Crippen LogP contribution in [0.1, 0.15) is 16.1 Å². The van der Waals surface area contributed by atoms with Crippen molar-refractivity contribution in [2.45, 2.75) is 6.92 Å². The van der Waals surface area contributed by atoms with Crippen LogP contribution >= 0.6 is 0 Å². The number of carbonyl (C=O) groups excluding carboxylic acids is 1. The van der Waals surface area contributed by atoms with Crippen LogP contribution in [0.15, 0.2) is 54.7 Å². The van der Waals surface area contributed by atoms with Gasteiger partial charge >= 0.3 is 0 Å². The zero-order valence-corrected chi connectivity index (χ0v) is 11.8. The predicted octanol–water partition coefficient (Wildman–Crippen LogP) is 2.97. The van der Waals surface area contributed by atoms with Gasteiger partial charge in [0.2, 0.25) is 0 Å². The molecule has 0 radical (unpaired) electrons. The van der Waals surface area contributed by atoms with Gasteiger partial charge < -0.3 is 5.32 Å². The van der Waals surface area contributed by atoms with Crippen LogP contribution in [0.3, 0.4) is 0 Å². The summed E-state index contributed by atoms with van der Waals surface area (Å²) in [6.07, 6.45) is 1.55. The molecule has 0 saturated carbocycles. The summed E-state index contributed by atoms with van der Waals surface area (Å²) in [6.45, 7) is 1.72. The molecule has 0 aliphatic heterocycles. The molecule has 110 valence electrons. The van der Waals surface area contributed by atoms with Crippen molar-refractivity contribution in [1.29, 1.82) is 0 Å². The van der Waals surface area contributed by atoms with E-state index < -0.39 is 5.91 Å². The Kier molecular flexibility index (Phi) is 3.65. The van der Waals surface area contributed by atoms with Crippen LogP contribution in [0, 0.1) is 12.7 Å². The summed E-state index contributed by atoms with van der Waals surface area (Å²) >= 11 is 0. The minimum absolute atomic E-state index is 0.188. The minimum atomic E-state index is -0.392. The van der Waals surface area contributed by atoms with Crippen LogP contribution in [0.25, 0.3) is 5.69 Å². The number of anilines is 1. The molecule has 5 nitrogen and oxygen atoms in total. The second-order valence-electron chi connectivity index (χ2n) is 4.80. The molecule has 0 saturated heterocycles. The van der Waals surface area contributed by atoms with Gasteiger partial charge in [-0.2, -0.15) is 0 Å². The fourth-order valence-corrected chi connectivity index (χ4v) is 2.03. The SMILES string of the molecule is Cc1cc(F)ccc1NC(=O)c1cn(-c2ccccc2)nn1. The molecule has 1 amide bonds. The lowest BCUT2D eigenvalue weighted by molar-refractivity contribution is 0.102. The molecule has 22 heavy (non-hydrogen) atoms. The molecule has 6 heteroatoms. The summed E-state index contributed by atoms with van der Waals surface area (Å²) in [5.41, 5.74) is 2.18. The van der Waals surface area contributed by atoms with Crippen LogP contribution in [0.4, 0.5) is 10.1 Å². The number of rotatable bonds is 3. The van der Waals surface area contributed by atoms with Crippen LogP contribution in [0.5, 0.6) is 0 Å². The molecule has 0 atom stereocenters. The number of hydrogen-bond donors (Lipinski definition) is 1. The highest BCUT2D eigenvalue weighted by molar-refractivity contribution is 6.03. The van der Waals surface area contributed by atoms with E-state index in [-0.39, 0.29) is 11.5 Å². The molecule has 0 spiro atoms. The molecule has 0 unspecified atom stereocenters. The Morgan fingerprint density at radius 1 is 1.18 bits per heavy atom. The summed E-state index contributed by atoms with van der Waals surface area (Å²) in [5.74, 6) is -0.734. The van der Waals surface area contributed by atoms with Gasteiger partial charge in [0.25, 0.3) is 5.91 Å². The van der Waals surface area contributed by atoms with Crippen molar-refractivity contribution >= 4 is 11.6 Å². The molecule has 2 aromatic carbocycles. The number of amides is 1. The first-order valence-corrected chi connectivity index (χ1v) is 6.69. The zero-order chi connectivity index (χ0) is 15.5. The van der Waals surface area contributed by atoms with Gasteiger partial charge in [-0.1, -0.05) is 23.4 Å². The molecular weight excluding hydrogens is 283 g/mol. The van der Waals surface area contributed by atoms with Crippen molar-refractivity contribution in [3.05, 3.63) is 71.8 Å². The van der Waals surface area contributed by atoms with E-state index in [1.54, 1.807) is 13.1 Å². The van der Waals surface area contributed by atoms with Crippen LogP contribution in [-0.4, -0.2) is 20.9 Å². The number of hydrogen-bond acceptors (Lipinski definition) is 3. The highest BCUT2D eigenvalue weighted by Crippen LogP contribution is 2.16. The first kappa shape index (κ1) is 13.9. The molecule has 0 fully saturated rings. The number of halogens is 1. The normalized spacial score (nSPS) is 10.5. The second-order valence-corrected chi connectivity index (χ2v) is 4.80. The predicted molar refractivity (Wildman–Crippen MR) is 80.4 cm³/mol. The standard InChI is InChI=1S/C16H13FN4O/c1-11-9-12(17)7-8-14(11)18-16(22)15-10-21(20-19-15)13-5-3-2-4-6-13/h2-10H,1H3,(H,18,22). The molecular formula is C16H13FN4O. The van der Waals surface area contributed by atoms with Gasteiger partial charge in [0.15, 0.2) is 5.69 Å². The van der Waals surface area contributed by atoms with E-state index in [4.69, 9.17) is 0 Å². The lowest BCUT2D eigenvalue weighted by atomic mass is 10.2. The van der Waals surface area contributed by atoms with E-state index in [0.29, 0.717) is 11.3 Å². The zero-order valence-electron chi connectivity index (χ0n) is 11.8. The maximum absolute atomic E-state index is 13.1. The molecule has 1 heterocycles. The van der Waals surface area contributed by atoms with E-state index in [2.05, 4.69) is 15.6 Å². The smallest absolute Gasteiger partial charge is 0.277 e. The molecule has 3 aromatic rings. The van der Waals surface area contributed by atoms with Gasteiger partial charge in [-0.3, -0.25) is 4.79 Å². The first-order valence-electron chi connectivity index (χ1n) is 6.69. The van der Waals surface area contributed by atoms with E-state index >= 15 is 0 Å². The lowest BCUT2D eigenvalue weighted by Gasteiger charge is -2.06. The minimum Gasteiger partial charge on any atom is -0.320 e. The summed E-state index contributed by atoms with van der Waals surface area (Å²) < 4.78 is 14.6. The summed E-state index contributed by atoms with van der Waals surface area (Å²) in [5, 5.41) is 10.5. The number of aromatic nitrogens is 3. The Morgan fingerprint density at radius 3 is 2.68 bits per heavy atom. The Bertz CT molecular complexity index is 814. The Morgan fingerprint density at radius 2 is 1.95 bits per heavy atom. The van der Waals surface area contributed by atoms with E-state index in [0.717, 1.165) is 5.69 Å². The van der Waals surface area contributed by atoms with Crippen LogP contribution in [0.2, 0.25) is 0 Å². The number of nitrogens with one attached hydrogen (secondary N) is 1.